The Hall–Kier alpha value is -5.74. The first-order chi connectivity index (χ1) is 25.8. The van der Waals surface area contributed by atoms with Crippen LogP contribution in [0.4, 0.5) is 5.69 Å². The highest BCUT2D eigenvalue weighted by molar-refractivity contribution is 5.89. The van der Waals surface area contributed by atoms with Crippen molar-refractivity contribution in [3.63, 3.8) is 0 Å². The van der Waals surface area contributed by atoms with E-state index in [0.717, 1.165) is 72.7 Å². The summed E-state index contributed by atoms with van der Waals surface area (Å²) in [6.07, 6.45) is -17.5. The standard InChI is InChI=1S/C33H39NO21/c1-14(35)45-12-23-25(47-16(3)37)27(48-17(4)38)29(50-19(6)40)32(52-23)54-26-24(13-46-15(2)36)53-33(30(51-20(7)41)28(26)49-18(5)39)55-31(42)21-8-10-22(11-9-21)34(43)44/h8-11,23-30,32-33H,12-13H2,1-7H3/t23-,24-,25+,26-,27+,28+,29-,30-,32+,33+/m1/s1. The molecular formula is C33H39NO21. The predicted molar refractivity (Wildman–Crippen MR) is 172 cm³/mol. The molecule has 0 amide bonds. The van der Waals surface area contributed by atoms with E-state index in [0.29, 0.717) is 0 Å². The van der Waals surface area contributed by atoms with Gasteiger partial charge in [0.15, 0.2) is 30.7 Å². The number of non-ortho nitro benzene ring substituents is 1. The monoisotopic (exact) mass is 785 g/mol. The Morgan fingerprint density at radius 3 is 1.35 bits per heavy atom. The maximum absolute atomic E-state index is 13.2. The summed E-state index contributed by atoms with van der Waals surface area (Å²) in [6, 6.07) is 4.18. The van der Waals surface area contributed by atoms with Crippen LogP contribution in [0, 0.1) is 10.1 Å². The molecule has 0 radical (unpaired) electrons. The second-order valence-electron chi connectivity index (χ2n) is 11.9. The molecule has 0 saturated carbocycles. The Labute approximate surface area is 311 Å². The second kappa shape index (κ2) is 19.5. The molecule has 0 N–H and O–H groups in total. The minimum atomic E-state index is -1.94. The van der Waals surface area contributed by atoms with Crippen LogP contribution in [0.15, 0.2) is 24.3 Å². The summed E-state index contributed by atoms with van der Waals surface area (Å²) in [4.78, 5) is 109. The fourth-order valence-corrected chi connectivity index (χ4v) is 5.46. The van der Waals surface area contributed by atoms with Crippen LogP contribution in [0.25, 0.3) is 0 Å². The van der Waals surface area contributed by atoms with Gasteiger partial charge in [0.05, 0.1) is 10.5 Å². The smallest absolute Gasteiger partial charge is 0.340 e. The first kappa shape index (κ1) is 43.7. The normalized spacial score (nSPS) is 27.3. The fraction of sp³-hybridized carbons (Fsp3) is 0.576. The molecule has 2 aliphatic heterocycles. The van der Waals surface area contributed by atoms with Gasteiger partial charge in [0.2, 0.25) is 12.4 Å². The van der Waals surface area contributed by atoms with E-state index in [-0.39, 0.29) is 11.3 Å². The van der Waals surface area contributed by atoms with Gasteiger partial charge >= 0.3 is 47.8 Å². The van der Waals surface area contributed by atoms with Gasteiger partial charge in [-0.3, -0.25) is 43.7 Å². The number of nitro groups is 1. The number of hydrogen-bond donors (Lipinski definition) is 0. The maximum Gasteiger partial charge on any atom is 0.340 e. The van der Waals surface area contributed by atoms with Crippen LogP contribution in [0.5, 0.6) is 0 Å². The number of hydrogen-bond acceptors (Lipinski definition) is 21. The zero-order valence-corrected chi connectivity index (χ0v) is 30.5. The number of nitro benzene ring substituents is 1. The highest BCUT2D eigenvalue weighted by Gasteiger charge is 2.58. The van der Waals surface area contributed by atoms with E-state index in [1.165, 1.54) is 0 Å². The molecule has 1 aromatic rings. The zero-order chi connectivity index (χ0) is 41.1. The Morgan fingerprint density at radius 2 is 0.909 bits per heavy atom. The Balaban J connectivity index is 2.16. The van der Waals surface area contributed by atoms with Gasteiger partial charge in [0.1, 0.15) is 31.5 Å². The summed E-state index contributed by atoms with van der Waals surface area (Å²) in [6.45, 7) is 5.64. The van der Waals surface area contributed by atoms with E-state index in [2.05, 4.69) is 0 Å². The van der Waals surface area contributed by atoms with Crippen LogP contribution in [0.3, 0.4) is 0 Å². The van der Waals surface area contributed by atoms with Crippen molar-refractivity contribution in [1.29, 1.82) is 0 Å². The molecule has 55 heavy (non-hydrogen) atoms. The van der Waals surface area contributed by atoms with Crippen LogP contribution in [0.2, 0.25) is 0 Å². The molecule has 0 aromatic heterocycles. The molecule has 10 atom stereocenters. The third kappa shape index (κ3) is 12.7. The van der Waals surface area contributed by atoms with Crippen molar-refractivity contribution < 1.29 is 95.4 Å². The van der Waals surface area contributed by atoms with Crippen molar-refractivity contribution in [2.75, 3.05) is 13.2 Å². The van der Waals surface area contributed by atoms with Crippen LogP contribution in [-0.4, -0.2) is 127 Å². The molecule has 3 rings (SSSR count). The van der Waals surface area contributed by atoms with Crippen molar-refractivity contribution in [2.24, 2.45) is 0 Å². The third-order valence-corrected chi connectivity index (χ3v) is 7.42. The molecule has 2 saturated heterocycles. The lowest BCUT2D eigenvalue weighted by molar-refractivity contribution is -0.384. The summed E-state index contributed by atoms with van der Waals surface area (Å²) in [5.41, 5.74) is -0.561. The van der Waals surface area contributed by atoms with Gasteiger partial charge in [0, 0.05) is 60.6 Å². The summed E-state index contributed by atoms with van der Waals surface area (Å²) >= 11 is 0. The number of esters is 8. The number of rotatable bonds is 14. The van der Waals surface area contributed by atoms with Crippen molar-refractivity contribution in [3.8, 4) is 0 Å². The van der Waals surface area contributed by atoms with E-state index < -0.39 is 127 Å². The summed E-state index contributed by atoms with van der Waals surface area (Å²) in [5.74, 6) is -7.66. The molecule has 302 valence electrons. The molecule has 22 heteroatoms. The molecule has 2 aliphatic rings. The maximum atomic E-state index is 13.2. The second-order valence-corrected chi connectivity index (χ2v) is 11.9. The molecule has 2 fully saturated rings. The van der Waals surface area contributed by atoms with Gasteiger partial charge in [-0.25, -0.2) is 4.79 Å². The van der Waals surface area contributed by atoms with Crippen LogP contribution < -0.4 is 0 Å². The minimum Gasteiger partial charge on any atom is -0.463 e. The third-order valence-electron chi connectivity index (χ3n) is 7.42. The number of benzene rings is 1. The minimum absolute atomic E-state index is 0.216. The van der Waals surface area contributed by atoms with Crippen LogP contribution in [-0.2, 0) is 85.7 Å². The quantitative estimate of drug-likeness (QED) is 0.107. The fourth-order valence-electron chi connectivity index (χ4n) is 5.46. The summed E-state index contributed by atoms with van der Waals surface area (Å²) in [5, 5.41) is 11.1. The number of ether oxygens (including phenoxy) is 11. The average molecular weight is 786 g/mol. The molecule has 1 aromatic carbocycles. The molecule has 0 aliphatic carbocycles. The lowest BCUT2D eigenvalue weighted by Crippen LogP contribution is -2.67. The summed E-state index contributed by atoms with van der Waals surface area (Å²) < 4.78 is 61.0. The van der Waals surface area contributed by atoms with Crippen molar-refractivity contribution in [3.05, 3.63) is 39.9 Å². The molecular weight excluding hydrogens is 746 g/mol. The van der Waals surface area contributed by atoms with Gasteiger partial charge in [0.25, 0.3) is 5.69 Å². The molecule has 0 bridgehead atoms. The van der Waals surface area contributed by atoms with Crippen LogP contribution >= 0.6 is 0 Å². The van der Waals surface area contributed by atoms with Gasteiger partial charge in [-0.15, -0.1) is 0 Å². The van der Waals surface area contributed by atoms with Gasteiger partial charge < -0.3 is 52.1 Å². The van der Waals surface area contributed by atoms with E-state index >= 15 is 0 Å². The average Bonchev–Trinajstić information content (AvgIpc) is 3.07. The number of carbonyl (C=O) groups excluding carboxylic acids is 8. The summed E-state index contributed by atoms with van der Waals surface area (Å²) in [7, 11) is 0. The van der Waals surface area contributed by atoms with Gasteiger partial charge in [-0.2, -0.15) is 0 Å². The van der Waals surface area contributed by atoms with E-state index in [9.17, 15) is 48.5 Å². The zero-order valence-electron chi connectivity index (χ0n) is 30.5. The topological polar surface area (TPSA) is 281 Å². The molecule has 2 heterocycles. The Kier molecular flexibility index (Phi) is 15.5. The first-order valence-electron chi connectivity index (χ1n) is 16.3. The van der Waals surface area contributed by atoms with E-state index in [1.807, 2.05) is 0 Å². The molecule has 22 nitrogen and oxygen atoms in total. The largest absolute Gasteiger partial charge is 0.463 e. The van der Waals surface area contributed by atoms with E-state index in [4.69, 9.17) is 52.1 Å². The molecule has 0 unspecified atom stereocenters. The molecule has 0 spiro atoms. The lowest BCUT2D eigenvalue weighted by atomic mass is 9.96. The van der Waals surface area contributed by atoms with Gasteiger partial charge in [-0.05, 0) is 12.1 Å². The first-order valence-corrected chi connectivity index (χ1v) is 16.3. The van der Waals surface area contributed by atoms with E-state index in [1.54, 1.807) is 0 Å². The highest BCUT2D eigenvalue weighted by atomic mass is 16.8. The van der Waals surface area contributed by atoms with Crippen molar-refractivity contribution >= 4 is 53.4 Å². The van der Waals surface area contributed by atoms with Crippen molar-refractivity contribution in [1.82, 2.24) is 0 Å². The predicted octanol–water partition coefficient (Wildman–Crippen LogP) is 0.371. The SMILES string of the molecule is CC(=O)OC[C@H]1O[C@@H](O[C@H]2[C@H](OC(C)=O)[C@@H](OC(C)=O)[C@H](OC(=O)c3ccc([N+](=O)[O-])cc3)O[C@@H]2COC(C)=O)[C@H](OC(C)=O)[C@@H](OC(C)=O)[C@H]1OC(C)=O. The Morgan fingerprint density at radius 1 is 0.527 bits per heavy atom. The lowest BCUT2D eigenvalue weighted by Gasteiger charge is -2.48. The number of carbonyl (C=O) groups is 8. The van der Waals surface area contributed by atoms with Crippen molar-refractivity contribution in [2.45, 2.75) is 110 Å². The highest BCUT2D eigenvalue weighted by Crippen LogP contribution is 2.36. The van der Waals surface area contributed by atoms with Crippen LogP contribution in [0.1, 0.15) is 58.8 Å². The Bertz CT molecular complexity index is 1630. The van der Waals surface area contributed by atoms with Gasteiger partial charge in [-0.1, -0.05) is 0 Å². The number of nitrogens with zero attached hydrogens (tertiary/aromatic N) is 1.